The lowest BCUT2D eigenvalue weighted by atomic mass is 10.0. The van der Waals surface area contributed by atoms with Gasteiger partial charge in [0, 0.05) is 23.5 Å². The number of rotatable bonds is 2. The van der Waals surface area contributed by atoms with Gasteiger partial charge >= 0.3 is 0 Å². The van der Waals surface area contributed by atoms with Crippen LogP contribution in [0.15, 0.2) is 42.7 Å². The number of halogens is 2. The topological polar surface area (TPSA) is 67.6 Å². The Kier molecular flexibility index (Phi) is 2.90. The summed E-state index contributed by atoms with van der Waals surface area (Å²) in [5, 5.41) is 6.52. The molecule has 0 spiro atoms. The van der Waals surface area contributed by atoms with Gasteiger partial charge in [-0.1, -0.05) is 6.07 Å². The molecule has 0 unspecified atom stereocenters. The first-order chi connectivity index (χ1) is 9.66. The highest BCUT2D eigenvalue weighted by molar-refractivity contribution is 5.87. The Hall–Kier alpha value is -2.76. The maximum atomic E-state index is 13.9. The summed E-state index contributed by atoms with van der Waals surface area (Å²) < 4.78 is 27.2. The van der Waals surface area contributed by atoms with Crippen molar-refractivity contribution in [3.05, 3.63) is 54.4 Å². The summed E-state index contributed by atoms with van der Waals surface area (Å²) in [5.41, 5.74) is 7.40. The average molecular weight is 272 g/mol. The molecule has 2 aromatic heterocycles. The monoisotopic (exact) mass is 272 g/mol. The van der Waals surface area contributed by atoms with E-state index in [0.29, 0.717) is 16.8 Å². The summed E-state index contributed by atoms with van der Waals surface area (Å²) in [7, 11) is 0. The molecule has 0 aliphatic carbocycles. The fourth-order valence-corrected chi connectivity index (χ4v) is 2.04. The van der Waals surface area contributed by atoms with Gasteiger partial charge in [0.2, 0.25) is 0 Å². The molecule has 6 heteroatoms. The van der Waals surface area contributed by atoms with Crippen LogP contribution >= 0.6 is 0 Å². The van der Waals surface area contributed by atoms with Gasteiger partial charge in [0.25, 0.3) is 0 Å². The van der Waals surface area contributed by atoms with Gasteiger partial charge in [-0.15, -0.1) is 0 Å². The van der Waals surface area contributed by atoms with Crippen LogP contribution in [-0.2, 0) is 0 Å². The molecule has 0 saturated carbocycles. The van der Waals surface area contributed by atoms with Crippen LogP contribution in [0.5, 0.6) is 0 Å². The van der Waals surface area contributed by atoms with E-state index < -0.39 is 11.6 Å². The second-order valence-corrected chi connectivity index (χ2v) is 4.22. The lowest BCUT2D eigenvalue weighted by Gasteiger charge is -2.05. The third kappa shape index (κ3) is 2.01. The Balaban J connectivity index is 2.24. The lowest BCUT2D eigenvalue weighted by molar-refractivity contribution is 0.602. The molecule has 0 fully saturated rings. The zero-order valence-electron chi connectivity index (χ0n) is 10.3. The van der Waals surface area contributed by atoms with Crippen LogP contribution < -0.4 is 5.73 Å². The molecule has 0 atom stereocenters. The Labute approximate surface area is 113 Å². The van der Waals surface area contributed by atoms with Crippen molar-refractivity contribution in [2.75, 3.05) is 5.73 Å². The van der Waals surface area contributed by atoms with Crippen molar-refractivity contribution in [1.29, 1.82) is 0 Å². The summed E-state index contributed by atoms with van der Waals surface area (Å²) in [6, 6.07) is 6.72. The minimum Gasteiger partial charge on any atom is -0.382 e. The van der Waals surface area contributed by atoms with Gasteiger partial charge in [0.05, 0.1) is 11.3 Å². The molecule has 0 saturated heterocycles. The zero-order valence-corrected chi connectivity index (χ0v) is 10.3. The lowest BCUT2D eigenvalue weighted by Crippen LogP contribution is -1.91. The molecule has 0 aliphatic heterocycles. The molecule has 0 bridgehead atoms. The number of aromatic amines is 1. The van der Waals surface area contributed by atoms with E-state index in [0.717, 1.165) is 18.2 Å². The van der Waals surface area contributed by atoms with Crippen molar-refractivity contribution in [2.45, 2.75) is 0 Å². The van der Waals surface area contributed by atoms with Crippen LogP contribution in [0.3, 0.4) is 0 Å². The fourth-order valence-electron chi connectivity index (χ4n) is 2.04. The van der Waals surface area contributed by atoms with E-state index in [1.165, 1.54) is 0 Å². The Morgan fingerprint density at radius 2 is 2.00 bits per heavy atom. The van der Waals surface area contributed by atoms with Crippen LogP contribution in [0.2, 0.25) is 0 Å². The first kappa shape index (κ1) is 12.3. The zero-order chi connectivity index (χ0) is 14.1. The van der Waals surface area contributed by atoms with Gasteiger partial charge in [-0.2, -0.15) is 5.10 Å². The van der Waals surface area contributed by atoms with Gasteiger partial charge in [-0.3, -0.25) is 10.1 Å². The maximum Gasteiger partial charge on any atom is 0.153 e. The van der Waals surface area contributed by atoms with Gasteiger partial charge in [0.15, 0.2) is 5.82 Å². The number of nitrogens with one attached hydrogen (secondary N) is 1. The first-order valence-corrected chi connectivity index (χ1v) is 5.86. The SMILES string of the molecule is Nc1n[nH]c(-c2cc(F)ccc2F)c1-c1cccnc1. The van der Waals surface area contributed by atoms with E-state index in [2.05, 4.69) is 15.2 Å². The predicted molar refractivity (Wildman–Crippen MR) is 71.6 cm³/mol. The maximum absolute atomic E-state index is 13.9. The molecule has 0 amide bonds. The van der Waals surface area contributed by atoms with E-state index >= 15 is 0 Å². The second-order valence-electron chi connectivity index (χ2n) is 4.22. The number of hydrogen-bond acceptors (Lipinski definition) is 3. The second kappa shape index (κ2) is 4.73. The first-order valence-electron chi connectivity index (χ1n) is 5.86. The number of nitrogen functional groups attached to an aromatic ring is 1. The van der Waals surface area contributed by atoms with E-state index in [-0.39, 0.29) is 11.4 Å². The van der Waals surface area contributed by atoms with Crippen molar-refractivity contribution in [1.82, 2.24) is 15.2 Å². The third-order valence-corrected chi connectivity index (χ3v) is 2.94. The van der Waals surface area contributed by atoms with E-state index in [9.17, 15) is 8.78 Å². The molecular weight excluding hydrogens is 262 g/mol. The molecular formula is C14H10F2N4. The normalized spacial score (nSPS) is 10.7. The highest BCUT2D eigenvalue weighted by atomic mass is 19.1. The van der Waals surface area contributed by atoms with Gasteiger partial charge in [0.1, 0.15) is 11.6 Å². The minimum atomic E-state index is -0.555. The van der Waals surface area contributed by atoms with Crippen molar-refractivity contribution in [2.24, 2.45) is 0 Å². The van der Waals surface area contributed by atoms with Crippen LogP contribution in [0, 0.1) is 11.6 Å². The fraction of sp³-hybridized carbons (Fsp3) is 0. The van der Waals surface area contributed by atoms with Crippen molar-refractivity contribution >= 4 is 5.82 Å². The van der Waals surface area contributed by atoms with E-state index in [1.54, 1.807) is 24.5 Å². The molecule has 1 aromatic carbocycles. The van der Waals surface area contributed by atoms with Crippen LogP contribution in [-0.4, -0.2) is 15.2 Å². The predicted octanol–water partition coefficient (Wildman–Crippen LogP) is 3.00. The minimum absolute atomic E-state index is 0.0769. The summed E-state index contributed by atoms with van der Waals surface area (Å²) in [6.45, 7) is 0. The van der Waals surface area contributed by atoms with Crippen LogP contribution in [0.25, 0.3) is 22.4 Å². The quantitative estimate of drug-likeness (QED) is 0.753. The molecule has 3 N–H and O–H groups in total. The number of hydrogen-bond donors (Lipinski definition) is 2. The number of aromatic nitrogens is 3. The number of anilines is 1. The highest BCUT2D eigenvalue weighted by Crippen LogP contribution is 2.35. The number of nitrogens with zero attached hydrogens (tertiary/aromatic N) is 2. The largest absolute Gasteiger partial charge is 0.382 e. The van der Waals surface area contributed by atoms with Crippen molar-refractivity contribution in [3.63, 3.8) is 0 Å². The molecule has 4 nitrogen and oxygen atoms in total. The summed E-state index contributed by atoms with van der Waals surface area (Å²) >= 11 is 0. The molecule has 3 rings (SSSR count). The summed E-state index contributed by atoms with van der Waals surface area (Å²) in [6.07, 6.45) is 3.20. The number of H-pyrrole nitrogens is 1. The van der Waals surface area contributed by atoms with Crippen molar-refractivity contribution in [3.8, 4) is 22.4 Å². The van der Waals surface area contributed by atoms with E-state index in [4.69, 9.17) is 5.73 Å². The smallest absolute Gasteiger partial charge is 0.153 e. The number of pyridine rings is 1. The molecule has 0 radical (unpaired) electrons. The highest BCUT2D eigenvalue weighted by Gasteiger charge is 2.18. The molecule has 3 aromatic rings. The number of nitrogens with two attached hydrogens (primary N) is 1. The van der Waals surface area contributed by atoms with E-state index in [1.807, 2.05) is 0 Å². The Morgan fingerprint density at radius 3 is 2.75 bits per heavy atom. The molecule has 2 heterocycles. The van der Waals surface area contributed by atoms with Gasteiger partial charge in [-0.25, -0.2) is 8.78 Å². The molecule has 100 valence electrons. The molecule has 20 heavy (non-hydrogen) atoms. The van der Waals surface area contributed by atoms with Crippen LogP contribution in [0.4, 0.5) is 14.6 Å². The molecule has 0 aliphatic rings. The van der Waals surface area contributed by atoms with Gasteiger partial charge < -0.3 is 5.73 Å². The summed E-state index contributed by atoms with van der Waals surface area (Å²) in [4.78, 5) is 3.99. The van der Waals surface area contributed by atoms with Crippen LogP contribution in [0.1, 0.15) is 0 Å². The van der Waals surface area contributed by atoms with Crippen molar-refractivity contribution < 1.29 is 8.78 Å². The Morgan fingerprint density at radius 1 is 1.15 bits per heavy atom. The third-order valence-electron chi connectivity index (χ3n) is 2.94. The standard InChI is InChI=1S/C14H10F2N4/c15-9-3-4-11(16)10(6-9)13-12(14(17)20-19-13)8-2-1-5-18-7-8/h1-7H,(H3,17,19,20). The average Bonchev–Trinajstić information content (AvgIpc) is 2.84. The summed E-state index contributed by atoms with van der Waals surface area (Å²) in [5.74, 6) is -0.886. The number of benzene rings is 1. The van der Waals surface area contributed by atoms with Gasteiger partial charge in [-0.05, 0) is 24.3 Å². The Bertz CT molecular complexity index is 753.